The van der Waals surface area contributed by atoms with Gasteiger partial charge in [0, 0.05) is 13.0 Å². The van der Waals surface area contributed by atoms with Gasteiger partial charge in [0.05, 0.1) is 0 Å². The highest BCUT2D eigenvalue weighted by atomic mass is 19.3. The highest BCUT2D eigenvalue weighted by molar-refractivity contribution is 6.07. The third-order valence-electron chi connectivity index (χ3n) is 3.66. The van der Waals surface area contributed by atoms with Crippen LogP contribution in [-0.4, -0.2) is 24.2 Å². The van der Waals surface area contributed by atoms with Gasteiger partial charge in [-0.25, -0.2) is 0 Å². The fourth-order valence-corrected chi connectivity index (χ4v) is 2.26. The van der Waals surface area contributed by atoms with Gasteiger partial charge in [-0.3, -0.25) is 9.59 Å². The van der Waals surface area contributed by atoms with Gasteiger partial charge in [-0.1, -0.05) is 60.7 Å². The molecule has 2 rings (SSSR count). The van der Waals surface area contributed by atoms with Gasteiger partial charge in [0.2, 0.25) is 5.78 Å². The van der Waals surface area contributed by atoms with Crippen LogP contribution >= 0.6 is 0 Å². The molecule has 0 bridgehead atoms. The van der Waals surface area contributed by atoms with E-state index in [9.17, 15) is 18.4 Å². The maximum atomic E-state index is 13.9. The summed E-state index contributed by atoms with van der Waals surface area (Å²) in [5.74, 6) is -6.88. The number of hydrogen-bond acceptors (Lipinski definition) is 2. The summed E-state index contributed by atoms with van der Waals surface area (Å²) in [6.07, 6.45) is 0.247. The number of nitrogens with one attached hydrogen (secondary N) is 1. The maximum absolute atomic E-state index is 13.9. The zero-order chi connectivity index (χ0) is 17.4. The molecule has 0 aliphatic heterocycles. The van der Waals surface area contributed by atoms with Gasteiger partial charge in [0.1, 0.15) is 0 Å². The molecule has 2 aromatic carbocycles. The van der Waals surface area contributed by atoms with Gasteiger partial charge in [-0.15, -0.1) is 0 Å². The first-order valence-electron chi connectivity index (χ1n) is 7.77. The standard InChI is InChI=1S/C19H19F2NO2/c20-19(21,17(23)12-11-15-7-3-1-4-8-15)18(24)22-14-13-16-9-5-2-6-10-16/h1-10H,11-14H2,(H,22,24). The van der Waals surface area contributed by atoms with Gasteiger partial charge in [0.25, 0.3) is 5.91 Å². The van der Waals surface area contributed by atoms with Crippen LogP contribution in [0.1, 0.15) is 17.5 Å². The lowest BCUT2D eigenvalue weighted by atomic mass is 10.0. The number of benzene rings is 2. The van der Waals surface area contributed by atoms with Gasteiger partial charge in [-0.2, -0.15) is 8.78 Å². The van der Waals surface area contributed by atoms with E-state index in [1.807, 2.05) is 30.3 Å². The van der Waals surface area contributed by atoms with Crippen molar-refractivity contribution in [2.75, 3.05) is 6.54 Å². The van der Waals surface area contributed by atoms with Crippen LogP contribution in [0.2, 0.25) is 0 Å². The van der Waals surface area contributed by atoms with E-state index in [-0.39, 0.29) is 19.4 Å². The molecule has 126 valence electrons. The molecule has 24 heavy (non-hydrogen) atoms. The van der Waals surface area contributed by atoms with E-state index < -0.39 is 17.6 Å². The van der Waals surface area contributed by atoms with E-state index >= 15 is 0 Å². The van der Waals surface area contributed by atoms with Crippen molar-refractivity contribution in [2.45, 2.75) is 25.2 Å². The van der Waals surface area contributed by atoms with Crippen LogP contribution in [0, 0.1) is 0 Å². The Bertz CT molecular complexity index is 672. The van der Waals surface area contributed by atoms with Crippen molar-refractivity contribution in [1.29, 1.82) is 0 Å². The average Bonchev–Trinajstić information content (AvgIpc) is 2.61. The number of alkyl halides is 2. The Hall–Kier alpha value is -2.56. The van der Waals surface area contributed by atoms with Crippen molar-refractivity contribution in [1.82, 2.24) is 5.32 Å². The summed E-state index contributed by atoms with van der Waals surface area (Å²) in [5, 5.41) is 2.14. The third-order valence-corrected chi connectivity index (χ3v) is 3.66. The normalized spacial score (nSPS) is 11.1. The number of hydrogen-bond donors (Lipinski definition) is 1. The Morgan fingerprint density at radius 2 is 1.33 bits per heavy atom. The predicted octanol–water partition coefficient (Wildman–Crippen LogP) is 3.18. The number of ketones is 1. The molecule has 0 unspecified atom stereocenters. The first-order chi connectivity index (χ1) is 11.5. The Morgan fingerprint density at radius 3 is 1.88 bits per heavy atom. The molecule has 1 N–H and O–H groups in total. The molecule has 0 saturated carbocycles. The van der Waals surface area contributed by atoms with Crippen LogP contribution < -0.4 is 5.32 Å². The van der Waals surface area contributed by atoms with E-state index in [1.54, 1.807) is 30.3 Å². The Balaban J connectivity index is 1.81. The second-order valence-corrected chi connectivity index (χ2v) is 5.47. The molecule has 1 amide bonds. The van der Waals surface area contributed by atoms with E-state index in [0.717, 1.165) is 11.1 Å². The number of halogens is 2. The smallest absolute Gasteiger partial charge is 0.350 e. The summed E-state index contributed by atoms with van der Waals surface area (Å²) in [6, 6.07) is 18.1. The number of carbonyl (C=O) groups is 2. The fraction of sp³-hybridized carbons (Fsp3) is 0.263. The number of aryl methyl sites for hydroxylation is 1. The topological polar surface area (TPSA) is 46.2 Å². The van der Waals surface area contributed by atoms with Crippen LogP contribution in [0.3, 0.4) is 0 Å². The van der Waals surface area contributed by atoms with E-state index in [1.165, 1.54) is 0 Å². The average molecular weight is 331 g/mol. The predicted molar refractivity (Wildman–Crippen MR) is 87.9 cm³/mol. The van der Waals surface area contributed by atoms with E-state index in [2.05, 4.69) is 5.32 Å². The maximum Gasteiger partial charge on any atom is 0.381 e. The highest BCUT2D eigenvalue weighted by Crippen LogP contribution is 2.18. The zero-order valence-corrected chi connectivity index (χ0v) is 13.2. The van der Waals surface area contributed by atoms with Gasteiger partial charge < -0.3 is 5.32 Å². The van der Waals surface area contributed by atoms with E-state index in [0.29, 0.717) is 6.42 Å². The third kappa shape index (κ3) is 4.98. The summed E-state index contributed by atoms with van der Waals surface area (Å²) >= 11 is 0. The quantitative estimate of drug-likeness (QED) is 0.755. The first-order valence-corrected chi connectivity index (χ1v) is 7.77. The van der Waals surface area contributed by atoms with E-state index in [4.69, 9.17) is 0 Å². The minimum absolute atomic E-state index is 0.0599. The lowest BCUT2D eigenvalue weighted by molar-refractivity contribution is -0.158. The fourth-order valence-electron chi connectivity index (χ4n) is 2.26. The van der Waals surface area contributed by atoms with Crippen molar-refractivity contribution < 1.29 is 18.4 Å². The van der Waals surface area contributed by atoms with Crippen molar-refractivity contribution in [3.05, 3.63) is 71.8 Å². The first kappa shape index (κ1) is 17.8. The molecule has 0 saturated heterocycles. The van der Waals surface area contributed by atoms with Crippen LogP contribution in [-0.2, 0) is 22.4 Å². The molecule has 3 nitrogen and oxygen atoms in total. The summed E-state index contributed by atoms with van der Waals surface area (Å²) in [6.45, 7) is 0.0599. The summed E-state index contributed by atoms with van der Waals surface area (Å²) in [5.41, 5.74) is 1.71. The summed E-state index contributed by atoms with van der Waals surface area (Å²) in [7, 11) is 0. The summed E-state index contributed by atoms with van der Waals surface area (Å²) < 4.78 is 27.8. The Labute approximate surface area is 139 Å². The monoisotopic (exact) mass is 331 g/mol. The molecule has 0 fully saturated rings. The van der Waals surface area contributed by atoms with Gasteiger partial charge in [-0.05, 0) is 24.0 Å². The lowest BCUT2D eigenvalue weighted by Crippen LogP contribution is -2.46. The second kappa shape index (κ2) is 8.34. The SMILES string of the molecule is O=C(CCc1ccccc1)C(F)(F)C(=O)NCCc1ccccc1. The summed E-state index contributed by atoms with van der Waals surface area (Å²) in [4.78, 5) is 23.3. The van der Waals surface area contributed by atoms with Crippen molar-refractivity contribution in [3.63, 3.8) is 0 Å². The Kier molecular flexibility index (Phi) is 6.18. The molecule has 0 heterocycles. The van der Waals surface area contributed by atoms with Crippen molar-refractivity contribution in [2.24, 2.45) is 0 Å². The number of Topliss-reactive ketones (excluding diaryl/α,β-unsaturated/α-hetero) is 1. The molecule has 0 radical (unpaired) electrons. The zero-order valence-electron chi connectivity index (χ0n) is 13.2. The minimum atomic E-state index is -3.99. The molecule has 2 aromatic rings. The molecule has 0 aliphatic carbocycles. The van der Waals surface area contributed by atoms with Gasteiger partial charge in [0.15, 0.2) is 0 Å². The van der Waals surface area contributed by atoms with Crippen LogP contribution in [0.5, 0.6) is 0 Å². The number of rotatable bonds is 8. The highest BCUT2D eigenvalue weighted by Gasteiger charge is 2.45. The van der Waals surface area contributed by atoms with Crippen LogP contribution in [0.25, 0.3) is 0 Å². The van der Waals surface area contributed by atoms with Crippen molar-refractivity contribution in [3.8, 4) is 0 Å². The Morgan fingerprint density at radius 1 is 0.833 bits per heavy atom. The number of carbonyl (C=O) groups excluding carboxylic acids is 2. The molecule has 0 aliphatic rings. The lowest BCUT2D eigenvalue weighted by Gasteiger charge is -2.15. The van der Waals surface area contributed by atoms with Crippen LogP contribution in [0.15, 0.2) is 60.7 Å². The number of amides is 1. The second-order valence-electron chi connectivity index (χ2n) is 5.47. The molecule has 0 atom stereocenters. The molecular weight excluding hydrogens is 312 g/mol. The van der Waals surface area contributed by atoms with Gasteiger partial charge >= 0.3 is 5.92 Å². The largest absolute Gasteiger partial charge is 0.381 e. The van der Waals surface area contributed by atoms with Crippen molar-refractivity contribution >= 4 is 11.7 Å². The molecule has 5 heteroatoms. The minimum Gasteiger partial charge on any atom is -0.350 e. The van der Waals surface area contributed by atoms with Crippen LogP contribution in [0.4, 0.5) is 8.78 Å². The molecule has 0 aromatic heterocycles. The molecule has 0 spiro atoms. The molecular formula is C19H19F2NO2.